The first kappa shape index (κ1) is 22.7. The van der Waals surface area contributed by atoms with Crippen molar-refractivity contribution in [1.29, 1.82) is 0 Å². The number of amides is 1. The van der Waals surface area contributed by atoms with Gasteiger partial charge in [0.1, 0.15) is 6.04 Å². The molecule has 0 aliphatic heterocycles. The van der Waals surface area contributed by atoms with Crippen LogP contribution in [0.2, 0.25) is 0 Å². The van der Waals surface area contributed by atoms with E-state index >= 15 is 0 Å². The fourth-order valence-electron chi connectivity index (χ4n) is 2.66. The molecule has 2 aromatic rings. The molecular formula is C21H27ClN2O3. The Hall–Kier alpha value is -2.37. The molecule has 3 N–H and O–H groups in total. The molecule has 5 nitrogen and oxygen atoms in total. The molecule has 0 fully saturated rings. The zero-order valence-corrected chi connectivity index (χ0v) is 16.5. The number of benzene rings is 2. The van der Waals surface area contributed by atoms with E-state index in [1.54, 1.807) is 6.92 Å². The Kier molecular flexibility index (Phi) is 9.54. The summed E-state index contributed by atoms with van der Waals surface area (Å²) in [5.41, 5.74) is 8.89. The van der Waals surface area contributed by atoms with Gasteiger partial charge in [-0.3, -0.25) is 9.59 Å². The van der Waals surface area contributed by atoms with Gasteiger partial charge >= 0.3 is 5.97 Å². The van der Waals surface area contributed by atoms with Crippen molar-refractivity contribution in [3.63, 3.8) is 0 Å². The SMILES string of the molecule is CCOC(=O)C(CNC(=O)C(N)c1ccc(C)cc1)Cc1ccccc1.Cl. The van der Waals surface area contributed by atoms with E-state index in [1.807, 2.05) is 61.5 Å². The molecule has 0 saturated heterocycles. The summed E-state index contributed by atoms with van der Waals surface area (Å²) in [4.78, 5) is 24.6. The number of halogens is 1. The number of rotatable bonds is 8. The number of hydrogen-bond donors (Lipinski definition) is 2. The molecule has 2 rings (SSSR count). The van der Waals surface area contributed by atoms with Crippen molar-refractivity contribution in [2.45, 2.75) is 26.3 Å². The number of carbonyl (C=O) groups is 2. The fourth-order valence-corrected chi connectivity index (χ4v) is 2.66. The van der Waals surface area contributed by atoms with E-state index in [-0.39, 0.29) is 30.8 Å². The predicted molar refractivity (Wildman–Crippen MR) is 109 cm³/mol. The average Bonchev–Trinajstić information content (AvgIpc) is 2.65. The van der Waals surface area contributed by atoms with Crippen molar-refractivity contribution in [1.82, 2.24) is 5.32 Å². The molecule has 0 spiro atoms. The van der Waals surface area contributed by atoms with Gasteiger partial charge in [0.25, 0.3) is 0 Å². The van der Waals surface area contributed by atoms with Crippen molar-refractivity contribution < 1.29 is 14.3 Å². The van der Waals surface area contributed by atoms with E-state index in [4.69, 9.17) is 10.5 Å². The molecule has 0 saturated carbocycles. The van der Waals surface area contributed by atoms with Crippen LogP contribution in [0.25, 0.3) is 0 Å². The van der Waals surface area contributed by atoms with Crippen LogP contribution in [0.1, 0.15) is 29.7 Å². The molecule has 2 atom stereocenters. The van der Waals surface area contributed by atoms with Gasteiger partial charge in [0.2, 0.25) is 5.91 Å². The molecule has 27 heavy (non-hydrogen) atoms. The van der Waals surface area contributed by atoms with Gasteiger partial charge in [0.15, 0.2) is 0 Å². The zero-order chi connectivity index (χ0) is 18.9. The third kappa shape index (κ3) is 7.04. The highest BCUT2D eigenvalue weighted by molar-refractivity contribution is 5.85. The van der Waals surface area contributed by atoms with Crippen LogP contribution in [0.3, 0.4) is 0 Å². The summed E-state index contributed by atoms with van der Waals surface area (Å²) in [5.74, 6) is -1.08. The standard InChI is InChI=1S/C21H26N2O3.ClH/c1-3-26-21(25)18(13-16-7-5-4-6-8-16)14-23-20(24)19(22)17-11-9-15(2)10-12-17;/h4-12,18-19H,3,13-14,22H2,1-2H3,(H,23,24);1H. The molecule has 0 bridgehead atoms. The fraction of sp³-hybridized carbons (Fsp3) is 0.333. The number of carbonyl (C=O) groups excluding carboxylic acids is 2. The third-order valence-electron chi connectivity index (χ3n) is 4.19. The first-order chi connectivity index (χ1) is 12.5. The lowest BCUT2D eigenvalue weighted by Gasteiger charge is -2.18. The molecule has 2 unspecified atom stereocenters. The van der Waals surface area contributed by atoms with Crippen LogP contribution in [-0.4, -0.2) is 25.0 Å². The largest absolute Gasteiger partial charge is 0.466 e. The topological polar surface area (TPSA) is 81.4 Å². The summed E-state index contributed by atoms with van der Waals surface area (Å²) < 4.78 is 5.15. The van der Waals surface area contributed by atoms with Crippen molar-refractivity contribution >= 4 is 24.3 Å². The van der Waals surface area contributed by atoms with Gasteiger partial charge in [-0.1, -0.05) is 60.2 Å². The monoisotopic (exact) mass is 390 g/mol. The molecule has 146 valence electrons. The molecule has 2 aromatic carbocycles. The molecule has 0 aromatic heterocycles. The number of nitrogens with one attached hydrogen (secondary N) is 1. The Balaban J connectivity index is 0.00000364. The second-order valence-corrected chi connectivity index (χ2v) is 6.27. The van der Waals surface area contributed by atoms with Gasteiger partial charge in [-0.2, -0.15) is 0 Å². The maximum Gasteiger partial charge on any atom is 0.311 e. The summed E-state index contributed by atoms with van der Waals surface area (Å²) in [6.07, 6.45) is 0.500. The molecule has 6 heteroatoms. The van der Waals surface area contributed by atoms with E-state index < -0.39 is 12.0 Å². The minimum absolute atomic E-state index is 0. The lowest BCUT2D eigenvalue weighted by atomic mass is 9.99. The van der Waals surface area contributed by atoms with Crippen LogP contribution in [0.5, 0.6) is 0 Å². The Morgan fingerprint density at radius 3 is 2.30 bits per heavy atom. The second-order valence-electron chi connectivity index (χ2n) is 6.27. The van der Waals surface area contributed by atoms with Gasteiger partial charge in [0, 0.05) is 6.54 Å². The molecule has 0 aliphatic rings. The average molecular weight is 391 g/mol. The van der Waals surface area contributed by atoms with Crippen LogP contribution in [0, 0.1) is 12.8 Å². The highest BCUT2D eigenvalue weighted by Gasteiger charge is 2.23. The molecule has 0 radical (unpaired) electrons. The third-order valence-corrected chi connectivity index (χ3v) is 4.19. The minimum Gasteiger partial charge on any atom is -0.466 e. The second kappa shape index (κ2) is 11.4. The maximum atomic E-state index is 12.4. The van der Waals surface area contributed by atoms with Crippen LogP contribution in [-0.2, 0) is 20.7 Å². The Morgan fingerprint density at radius 2 is 1.70 bits per heavy atom. The highest BCUT2D eigenvalue weighted by atomic mass is 35.5. The van der Waals surface area contributed by atoms with Crippen molar-refractivity contribution in [3.05, 3.63) is 71.3 Å². The summed E-state index contributed by atoms with van der Waals surface area (Å²) in [5, 5.41) is 2.79. The van der Waals surface area contributed by atoms with Crippen LogP contribution in [0.15, 0.2) is 54.6 Å². The summed E-state index contributed by atoms with van der Waals surface area (Å²) in [6, 6.07) is 16.4. The number of aryl methyl sites for hydroxylation is 1. The number of hydrogen-bond acceptors (Lipinski definition) is 4. The number of nitrogens with two attached hydrogens (primary N) is 1. The van der Waals surface area contributed by atoms with E-state index in [0.29, 0.717) is 13.0 Å². The van der Waals surface area contributed by atoms with Crippen LogP contribution >= 0.6 is 12.4 Å². The summed E-state index contributed by atoms with van der Waals surface area (Å²) >= 11 is 0. The highest BCUT2D eigenvalue weighted by Crippen LogP contribution is 2.13. The molecule has 0 heterocycles. The first-order valence-corrected chi connectivity index (χ1v) is 8.81. The predicted octanol–water partition coefficient (Wildman–Crippen LogP) is 2.95. The van der Waals surface area contributed by atoms with Gasteiger partial charge in [-0.05, 0) is 31.4 Å². The maximum absolute atomic E-state index is 12.4. The van der Waals surface area contributed by atoms with E-state index in [0.717, 1.165) is 16.7 Å². The van der Waals surface area contributed by atoms with Gasteiger partial charge < -0.3 is 15.8 Å². The number of ether oxygens (including phenoxy) is 1. The smallest absolute Gasteiger partial charge is 0.311 e. The minimum atomic E-state index is -0.768. The van der Waals surface area contributed by atoms with Crippen LogP contribution < -0.4 is 11.1 Å². The Morgan fingerprint density at radius 1 is 1.07 bits per heavy atom. The molecule has 0 aliphatic carbocycles. The van der Waals surface area contributed by atoms with E-state index in [1.165, 1.54) is 0 Å². The van der Waals surface area contributed by atoms with Crippen LogP contribution in [0.4, 0.5) is 0 Å². The normalized spacial score (nSPS) is 12.4. The Labute approximate surface area is 166 Å². The summed E-state index contributed by atoms with van der Waals surface area (Å²) in [7, 11) is 0. The quantitative estimate of drug-likeness (QED) is 0.679. The van der Waals surface area contributed by atoms with E-state index in [9.17, 15) is 9.59 Å². The Bertz CT molecular complexity index is 720. The van der Waals surface area contributed by atoms with Crippen molar-refractivity contribution in [2.24, 2.45) is 11.7 Å². The van der Waals surface area contributed by atoms with E-state index in [2.05, 4.69) is 5.32 Å². The van der Waals surface area contributed by atoms with Gasteiger partial charge in [-0.25, -0.2) is 0 Å². The first-order valence-electron chi connectivity index (χ1n) is 8.81. The lowest BCUT2D eigenvalue weighted by Crippen LogP contribution is -2.39. The van der Waals surface area contributed by atoms with Gasteiger partial charge in [0.05, 0.1) is 12.5 Å². The zero-order valence-electron chi connectivity index (χ0n) is 15.7. The summed E-state index contributed by atoms with van der Waals surface area (Å²) in [6.45, 7) is 4.24. The number of esters is 1. The van der Waals surface area contributed by atoms with Gasteiger partial charge in [-0.15, -0.1) is 12.4 Å². The lowest BCUT2D eigenvalue weighted by molar-refractivity contribution is -0.147. The molecule has 1 amide bonds. The van der Waals surface area contributed by atoms with Crippen molar-refractivity contribution in [3.8, 4) is 0 Å². The molecular weight excluding hydrogens is 364 g/mol. The van der Waals surface area contributed by atoms with Crippen molar-refractivity contribution in [2.75, 3.05) is 13.2 Å².